The van der Waals surface area contributed by atoms with E-state index in [0.29, 0.717) is 6.42 Å². The zero-order chi connectivity index (χ0) is 11.7. The van der Waals surface area contributed by atoms with Crippen molar-refractivity contribution in [2.45, 2.75) is 19.4 Å². The van der Waals surface area contributed by atoms with Gasteiger partial charge in [-0.2, -0.15) is 0 Å². The van der Waals surface area contributed by atoms with E-state index in [4.69, 9.17) is 22.4 Å². The fourth-order valence-electron chi connectivity index (χ4n) is 0.955. The topological polar surface area (TPSA) is 63.3 Å². The molecule has 0 radical (unpaired) electrons. The highest BCUT2D eigenvalue weighted by Gasteiger charge is 2.10. The van der Waals surface area contributed by atoms with Crippen LogP contribution in [0.4, 0.5) is 0 Å². The molecule has 0 aliphatic heterocycles. The zero-order valence-corrected chi connectivity index (χ0v) is 9.45. The summed E-state index contributed by atoms with van der Waals surface area (Å²) in [6.45, 7) is 1.89. The van der Waals surface area contributed by atoms with Gasteiger partial charge >= 0.3 is 5.97 Å². The lowest BCUT2D eigenvalue weighted by Gasteiger charge is -2.04. The Morgan fingerprint density at radius 2 is 1.93 bits per heavy atom. The standard InChI is InChI=1S/C9H11NO2.C2H5Cl/c10-8(9(11)12)6-7-4-2-1-3-5-7;1-2-3/h1-5,8H,6,10H2,(H,11,12);2H2,1H3/t8-;/m0./s1. The number of carboxylic acid groups (broad SMARTS) is 1. The second-order valence-corrected chi connectivity index (χ2v) is 3.44. The van der Waals surface area contributed by atoms with Crippen molar-refractivity contribution in [2.24, 2.45) is 5.73 Å². The average Bonchev–Trinajstić information content (AvgIpc) is 2.20. The van der Waals surface area contributed by atoms with Crippen LogP contribution in [0.2, 0.25) is 0 Å². The van der Waals surface area contributed by atoms with Crippen molar-refractivity contribution < 1.29 is 9.90 Å². The molecule has 3 N–H and O–H groups in total. The number of carbonyl (C=O) groups is 1. The van der Waals surface area contributed by atoms with Gasteiger partial charge in [0.1, 0.15) is 6.04 Å². The minimum Gasteiger partial charge on any atom is -0.480 e. The van der Waals surface area contributed by atoms with Gasteiger partial charge in [0.15, 0.2) is 0 Å². The second kappa shape index (κ2) is 8.26. The van der Waals surface area contributed by atoms with Crippen LogP contribution in [0.3, 0.4) is 0 Å². The van der Waals surface area contributed by atoms with E-state index < -0.39 is 12.0 Å². The maximum atomic E-state index is 10.4. The first-order valence-corrected chi connectivity index (χ1v) is 5.23. The molecule has 0 unspecified atom stereocenters. The van der Waals surface area contributed by atoms with Gasteiger partial charge in [0.25, 0.3) is 0 Å². The third-order valence-corrected chi connectivity index (χ3v) is 1.62. The van der Waals surface area contributed by atoms with Crippen molar-refractivity contribution >= 4 is 17.6 Å². The lowest BCUT2D eigenvalue weighted by atomic mass is 10.1. The van der Waals surface area contributed by atoms with Crippen molar-refractivity contribution in [3.05, 3.63) is 35.9 Å². The molecule has 15 heavy (non-hydrogen) atoms. The van der Waals surface area contributed by atoms with Gasteiger partial charge in [-0.3, -0.25) is 4.79 Å². The first-order chi connectivity index (χ1) is 7.11. The van der Waals surface area contributed by atoms with Gasteiger partial charge in [-0.25, -0.2) is 0 Å². The Morgan fingerprint density at radius 3 is 2.33 bits per heavy atom. The van der Waals surface area contributed by atoms with Crippen LogP contribution in [-0.4, -0.2) is 23.0 Å². The monoisotopic (exact) mass is 229 g/mol. The van der Waals surface area contributed by atoms with Crippen LogP contribution in [0.25, 0.3) is 0 Å². The van der Waals surface area contributed by atoms with E-state index in [1.54, 1.807) is 0 Å². The maximum absolute atomic E-state index is 10.4. The molecule has 0 spiro atoms. The van der Waals surface area contributed by atoms with Gasteiger partial charge < -0.3 is 10.8 Å². The molecule has 1 aromatic rings. The molecule has 4 heteroatoms. The summed E-state index contributed by atoms with van der Waals surface area (Å²) in [4.78, 5) is 10.4. The summed E-state index contributed by atoms with van der Waals surface area (Å²) in [6, 6.07) is 8.54. The van der Waals surface area contributed by atoms with Gasteiger partial charge in [-0.05, 0) is 12.0 Å². The van der Waals surface area contributed by atoms with Crippen LogP contribution in [0, 0.1) is 0 Å². The predicted octanol–water partition coefficient (Wildman–Crippen LogP) is 1.89. The first kappa shape index (κ1) is 13.9. The zero-order valence-electron chi connectivity index (χ0n) is 8.69. The summed E-state index contributed by atoms with van der Waals surface area (Å²) in [5.41, 5.74) is 6.30. The van der Waals surface area contributed by atoms with Crippen molar-refractivity contribution in [1.82, 2.24) is 0 Å². The van der Waals surface area contributed by atoms with Crippen molar-refractivity contribution in [1.29, 1.82) is 0 Å². The molecule has 0 bridgehead atoms. The van der Waals surface area contributed by atoms with Gasteiger partial charge in [0.2, 0.25) is 0 Å². The predicted molar refractivity (Wildman–Crippen MR) is 62.2 cm³/mol. The third-order valence-electron chi connectivity index (χ3n) is 1.62. The highest BCUT2D eigenvalue weighted by Crippen LogP contribution is 2.01. The average molecular weight is 230 g/mol. The van der Waals surface area contributed by atoms with Crippen LogP contribution in [-0.2, 0) is 11.2 Å². The van der Waals surface area contributed by atoms with Gasteiger partial charge in [-0.15, -0.1) is 11.6 Å². The molecule has 0 saturated carbocycles. The summed E-state index contributed by atoms with van der Waals surface area (Å²) in [7, 11) is 0. The van der Waals surface area contributed by atoms with Crippen LogP contribution in [0.15, 0.2) is 30.3 Å². The summed E-state index contributed by atoms with van der Waals surface area (Å²) >= 11 is 5.00. The SMILES string of the molecule is CCCl.N[C@@H](Cc1ccccc1)C(=O)O. The molecular weight excluding hydrogens is 214 g/mol. The van der Waals surface area contributed by atoms with E-state index in [1.165, 1.54) is 0 Å². The van der Waals surface area contributed by atoms with Crippen LogP contribution in [0.1, 0.15) is 12.5 Å². The minimum absolute atomic E-state index is 0.385. The number of nitrogens with two attached hydrogens (primary N) is 1. The Balaban J connectivity index is 0.000000583. The fraction of sp³-hybridized carbons (Fsp3) is 0.364. The van der Waals surface area contributed by atoms with E-state index in [-0.39, 0.29) is 0 Å². The number of halogens is 1. The number of alkyl halides is 1. The van der Waals surface area contributed by atoms with E-state index in [9.17, 15) is 4.79 Å². The molecule has 3 nitrogen and oxygen atoms in total. The normalized spacial score (nSPS) is 11.1. The third kappa shape index (κ3) is 6.94. The van der Waals surface area contributed by atoms with Crippen LogP contribution < -0.4 is 5.73 Å². The number of rotatable bonds is 3. The van der Waals surface area contributed by atoms with E-state index in [2.05, 4.69) is 0 Å². The van der Waals surface area contributed by atoms with Gasteiger partial charge in [0.05, 0.1) is 0 Å². The summed E-state index contributed by atoms with van der Waals surface area (Å²) < 4.78 is 0. The molecule has 0 amide bonds. The van der Waals surface area contributed by atoms with Crippen molar-refractivity contribution in [3.63, 3.8) is 0 Å². The second-order valence-electron chi connectivity index (χ2n) is 2.90. The van der Waals surface area contributed by atoms with E-state index in [0.717, 1.165) is 11.4 Å². The van der Waals surface area contributed by atoms with Crippen LogP contribution in [0.5, 0.6) is 0 Å². The van der Waals surface area contributed by atoms with Crippen molar-refractivity contribution in [2.75, 3.05) is 5.88 Å². The van der Waals surface area contributed by atoms with Gasteiger partial charge in [-0.1, -0.05) is 37.3 Å². The largest absolute Gasteiger partial charge is 0.480 e. The van der Waals surface area contributed by atoms with E-state index >= 15 is 0 Å². The molecule has 0 aliphatic carbocycles. The molecule has 0 aliphatic rings. The Bertz CT molecular complexity index is 277. The summed E-state index contributed by atoms with van der Waals surface area (Å²) in [6.07, 6.45) is 0.385. The molecule has 1 rings (SSSR count). The Morgan fingerprint density at radius 1 is 1.47 bits per heavy atom. The molecular formula is C11H16ClNO2. The number of carboxylic acids is 1. The first-order valence-electron chi connectivity index (χ1n) is 4.70. The fourth-order valence-corrected chi connectivity index (χ4v) is 0.955. The minimum atomic E-state index is -0.959. The quantitative estimate of drug-likeness (QED) is 0.778. The number of hydrogen-bond donors (Lipinski definition) is 2. The summed E-state index contributed by atoms with van der Waals surface area (Å²) in [5.74, 6) is -0.237. The molecule has 0 aromatic heterocycles. The molecule has 84 valence electrons. The van der Waals surface area contributed by atoms with Crippen molar-refractivity contribution in [3.8, 4) is 0 Å². The Kier molecular flexibility index (Phi) is 7.68. The lowest BCUT2D eigenvalue weighted by molar-refractivity contribution is -0.138. The molecule has 0 saturated heterocycles. The number of aliphatic carboxylic acids is 1. The Labute approximate surface area is 94.9 Å². The molecule has 1 atom stereocenters. The highest BCUT2D eigenvalue weighted by atomic mass is 35.5. The summed E-state index contributed by atoms with van der Waals surface area (Å²) in [5, 5.41) is 8.52. The Hall–Kier alpha value is -1.06. The molecule has 0 heterocycles. The van der Waals surface area contributed by atoms with E-state index in [1.807, 2.05) is 37.3 Å². The van der Waals surface area contributed by atoms with Gasteiger partial charge in [0, 0.05) is 5.88 Å². The smallest absolute Gasteiger partial charge is 0.320 e. The lowest BCUT2D eigenvalue weighted by Crippen LogP contribution is -2.32. The highest BCUT2D eigenvalue weighted by molar-refractivity contribution is 6.17. The number of benzene rings is 1. The number of hydrogen-bond acceptors (Lipinski definition) is 2. The molecule has 0 fully saturated rings. The molecule has 1 aromatic carbocycles. The maximum Gasteiger partial charge on any atom is 0.320 e. The van der Waals surface area contributed by atoms with Crippen LogP contribution >= 0.6 is 11.6 Å².